The van der Waals surface area contributed by atoms with Gasteiger partial charge in [0.15, 0.2) is 0 Å². The maximum Gasteiger partial charge on any atom is 0.251 e. The lowest BCUT2D eigenvalue weighted by atomic mass is 9.93. The van der Waals surface area contributed by atoms with Crippen LogP contribution in [0.3, 0.4) is 0 Å². The lowest BCUT2D eigenvalue weighted by molar-refractivity contribution is 0.1000. The largest absolute Gasteiger partial charge is 0.395 e. The maximum atomic E-state index is 12.7. The number of aliphatic hydroxyl groups excluding tert-OH is 1. The van der Waals surface area contributed by atoms with Crippen LogP contribution in [-0.4, -0.2) is 72.0 Å². The summed E-state index contributed by atoms with van der Waals surface area (Å²) in [5, 5.41) is 9.79. The predicted octanol–water partition coefficient (Wildman–Crippen LogP) is 3.93. The number of rotatable bonds is 9. The third-order valence-corrected chi connectivity index (χ3v) is 7.52. The lowest BCUT2D eigenvalue weighted by Crippen LogP contribution is -2.35. The van der Waals surface area contributed by atoms with Crippen LogP contribution < -0.4 is 10.6 Å². The Morgan fingerprint density at radius 2 is 1.94 bits per heavy atom. The fourth-order valence-electron chi connectivity index (χ4n) is 5.68. The number of anilines is 1. The van der Waals surface area contributed by atoms with Crippen molar-refractivity contribution in [2.45, 2.75) is 44.6 Å². The summed E-state index contributed by atoms with van der Waals surface area (Å²) in [6, 6.07) is 8.97. The molecular weight excluding hydrogens is 452 g/mol. The van der Waals surface area contributed by atoms with E-state index in [1.807, 2.05) is 32.7 Å². The number of nitrogens with two attached hydrogens (primary N) is 1. The molecule has 5 rings (SSSR count). The smallest absolute Gasteiger partial charge is 0.251 e. The van der Waals surface area contributed by atoms with Gasteiger partial charge in [-0.3, -0.25) is 9.79 Å². The van der Waals surface area contributed by atoms with Crippen LogP contribution in [0.25, 0.3) is 22.2 Å². The van der Waals surface area contributed by atoms with Crippen molar-refractivity contribution >= 4 is 34.5 Å². The van der Waals surface area contributed by atoms with Gasteiger partial charge in [0.1, 0.15) is 0 Å². The number of nitrogens with zero attached hydrogens (tertiary/aromatic N) is 5. The van der Waals surface area contributed by atoms with Gasteiger partial charge >= 0.3 is 0 Å². The number of fused-ring (bicyclic) bond motifs is 2. The molecule has 0 bridgehead atoms. The second kappa shape index (κ2) is 10.4. The molecule has 1 aliphatic heterocycles. The van der Waals surface area contributed by atoms with E-state index in [1.165, 1.54) is 32.1 Å². The molecule has 0 unspecified atom stereocenters. The van der Waals surface area contributed by atoms with Crippen molar-refractivity contribution in [3.8, 4) is 11.1 Å². The normalized spacial score (nSPS) is 15.7. The standard InChI is InChI=1S/C28H36N6O2/c1-32(2)12-13-33(14-15-35)25-17-22(27-21(10-11-30-27)26(25)28(29)36)19-8-9-24-23(16-19)31-18-34(24)20-6-4-3-5-7-20/h8-9,11,16-18,20,35H,3-7,10,12-15H2,1-2H3,(H2,29,36). The van der Waals surface area contributed by atoms with Gasteiger partial charge in [0, 0.05) is 43.9 Å². The van der Waals surface area contributed by atoms with E-state index >= 15 is 0 Å². The van der Waals surface area contributed by atoms with Crippen LogP contribution >= 0.6 is 0 Å². The summed E-state index contributed by atoms with van der Waals surface area (Å²) in [5.74, 6) is -0.465. The number of carbonyl (C=O) groups is 1. The highest BCUT2D eigenvalue weighted by Gasteiger charge is 2.27. The zero-order chi connectivity index (χ0) is 25.2. The molecule has 1 fully saturated rings. The number of benzene rings is 2. The van der Waals surface area contributed by atoms with Gasteiger partial charge in [-0.05, 0) is 56.3 Å². The molecule has 8 heteroatoms. The van der Waals surface area contributed by atoms with Crippen molar-refractivity contribution in [3.63, 3.8) is 0 Å². The Labute approximate surface area is 212 Å². The second-order valence-corrected chi connectivity index (χ2v) is 10.2. The first kappa shape index (κ1) is 24.5. The molecule has 1 aromatic heterocycles. The Kier molecular flexibility index (Phi) is 7.07. The molecule has 2 aromatic carbocycles. The SMILES string of the molecule is CN(C)CCN(CCO)c1cc(-c2ccc3c(c2)ncn3C2CCCCC2)c2c(c1C(N)=O)CC=N2. The average Bonchev–Trinajstić information content (AvgIpc) is 3.53. The fourth-order valence-corrected chi connectivity index (χ4v) is 5.68. The molecule has 2 heterocycles. The monoisotopic (exact) mass is 488 g/mol. The summed E-state index contributed by atoms with van der Waals surface area (Å²) >= 11 is 0. The van der Waals surface area contributed by atoms with Crippen LogP contribution in [0.1, 0.15) is 54.1 Å². The number of carbonyl (C=O) groups excluding carboxylic acids is 1. The first-order valence-corrected chi connectivity index (χ1v) is 13.0. The van der Waals surface area contributed by atoms with Crippen LogP contribution in [0.15, 0.2) is 35.6 Å². The van der Waals surface area contributed by atoms with Gasteiger partial charge in [0.05, 0.1) is 40.9 Å². The first-order chi connectivity index (χ1) is 17.5. The number of amides is 1. The molecular formula is C28H36N6O2. The molecule has 3 N–H and O–H groups in total. The molecule has 0 atom stereocenters. The Balaban J connectivity index is 1.61. The van der Waals surface area contributed by atoms with E-state index in [4.69, 9.17) is 10.7 Å². The van der Waals surface area contributed by atoms with Crippen LogP contribution in [0.5, 0.6) is 0 Å². The summed E-state index contributed by atoms with van der Waals surface area (Å²) in [6.07, 6.45) is 10.7. The highest BCUT2D eigenvalue weighted by molar-refractivity contribution is 6.06. The van der Waals surface area contributed by atoms with E-state index in [-0.39, 0.29) is 6.61 Å². The summed E-state index contributed by atoms with van der Waals surface area (Å²) in [6.45, 7) is 1.85. The zero-order valence-electron chi connectivity index (χ0n) is 21.3. The minimum absolute atomic E-state index is 0.0148. The Morgan fingerprint density at radius 3 is 2.67 bits per heavy atom. The van der Waals surface area contributed by atoms with Gasteiger partial charge in [0.2, 0.25) is 0 Å². The molecule has 1 aliphatic carbocycles. The van der Waals surface area contributed by atoms with Gasteiger partial charge in [-0.25, -0.2) is 4.98 Å². The van der Waals surface area contributed by atoms with E-state index in [2.05, 4.69) is 37.6 Å². The van der Waals surface area contributed by atoms with Crippen molar-refractivity contribution in [1.29, 1.82) is 0 Å². The molecule has 8 nitrogen and oxygen atoms in total. The molecule has 1 saturated carbocycles. The molecule has 36 heavy (non-hydrogen) atoms. The van der Waals surface area contributed by atoms with E-state index in [0.717, 1.165) is 45.6 Å². The van der Waals surface area contributed by atoms with Gasteiger partial charge in [-0.1, -0.05) is 25.3 Å². The minimum atomic E-state index is -0.465. The predicted molar refractivity (Wildman–Crippen MR) is 146 cm³/mol. The summed E-state index contributed by atoms with van der Waals surface area (Å²) in [4.78, 5) is 26.2. The van der Waals surface area contributed by atoms with E-state index in [1.54, 1.807) is 0 Å². The number of aromatic nitrogens is 2. The average molecular weight is 489 g/mol. The van der Waals surface area contributed by atoms with E-state index in [0.29, 0.717) is 31.1 Å². The van der Waals surface area contributed by atoms with Crippen LogP contribution in [-0.2, 0) is 6.42 Å². The number of aliphatic hydroxyl groups is 1. The molecule has 0 radical (unpaired) electrons. The number of hydrogen-bond acceptors (Lipinski definition) is 6. The summed E-state index contributed by atoms with van der Waals surface area (Å²) in [5.41, 5.74) is 12.9. The maximum absolute atomic E-state index is 12.7. The van der Waals surface area contributed by atoms with Gasteiger partial charge in [-0.15, -0.1) is 0 Å². The zero-order valence-corrected chi connectivity index (χ0v) is 21.3. The van der Waals surface area contributed by atoms with Crippen molar-refractivity contribution < 1.29 is 9.90 Å². The van der Waals surface area contributed by atoms with Crippen LogP contribution in [0, 0.1) is 0 Å². The first-order valence-electron chi connectivity index (χ1n) is 13.0. The molecule has 190 valence electrons. The summed E-state index contributed by atoms with van der Waals surface area (Å²) in [7, 11) is 4.02. The molecule has 2 aliphatic rings. The number of primary amides is 1. The van der Waals surface area contributed by atoms with Crippen LogP contribution in [0.2, 0.25) is 0 Å². The number of aliphatic imine (C=N–C) groups is 1. The number of likely N-dealkylation sites (N-methyl/N-ethyl adjacent to an activating group) is 1. The van der Waals surface area contributed by atoms with Crippen molar-refractivity contribution in [2.24, 2.45) is 10.7 Å². The minimum Gasteiger partial charge on any atom is -0.395 e. The third kappa shape index (κ3) is 4.63. The highest BCUT2D eigenvalue weighted by atomic mass is 16.3. The van der Waals surface area contributed by atoms with E-state index < -0.39 is 5.91 Å². The molecule has 0 saturated heterocycles. The second-order valence-electron chi connectivity index (χ2n) is 10.2. The van der Waals surface area contributed by atoms with Crippen molar-refractivity contribution in [3.05, 3.63) is 41.7 Å². The van der Waals surface area contributed by atoms with Crippen LogP contribution in [0.4, 0.5) is 11.4 Å². The lowest BCUT2D eigenvalue weighted by Gasteiger charge is -2.29. The molecule has 0 spiro atoms. The number of imidazole rings is 1. The van der Waals surface area contributed by atoms with Crippen molar-refractivity contribution in [1.82, 2.24) is 14.5 Å². The quantitative estimate of drug-likeness (QED) is 0.475. The van der Waals surface area contributed by atoms with Crippen molar-refractivity contribution in [2.75, 3.05) is 45.2 Å². The third-order valence-electron chi connectivity index (χ3n) is 7.52. The van der Waals surface area contributed by atoms with Gasteiger partial charge in [0.25, 0.3) is 5.91 Å². The van der Waals surface area contributed by atoms with Gasteiger partial charge in [-0.2, -0.15) is 0 Å². The highest BCUT2D eigenvalue weighted by Crippen LogP contribution is 2.43. The summed E-state index contributed by atoms with van der Waals surface area (Å²) < 4.78 is 2.34. The topological polar surface area (TPSA) is 100.0 Å². The Morgan fingerprint density at radius 1 is 1.14 bits per heavy atom. The number of hydrogen-bond donors (Lipinski definition) is 2. The molecule has 1 amide bonds. The van der Waals surface area contributed by atoms with Gasteiger partial charge < -0.3 is 25.2 Å². The fraction of sp³-hybridized carbons (Fsp3) is 0.464. The molecule has 3 aromatic rings. The van der Waals surface area contributed by atoms with E-state index in [9.17, 15) is 9.90 Å². The Hall–Kier alpha value is -3.23. The Bertz CT molecular complexity index is 1290.